The van der Waals surface area contributed by atoms with Crippen molar-refractivity contribution >= 4 is 21.6 Å². The molecule has 0 N–H and O–H groups in total. The summed E-state index contributed by atoms with van der Waals surface area (Å²) in [5, 5.41) is 1.20. The molecule has 0 amide bonds. The van der Waals surface area contributed by atoms with E-state index in [2.05, 4.69) is 22.0 Å². The number of benzene rings is 1. The molecule has 0 aliphatic heterocycles. The van der Waals surface area contributed by atoms with Gasteiger partial charge in [0, 0.05) is 6.42 Å². The van der Waals surface area contributed by atoms with Crippen LogP contribution in [0.25, 0.3) is 15.1 Å². The van der Waals surface area contributed by atoms with E-state index in [9.17, 15) is 0 Å². The monoisotopic (exact) mass is 216 g/mol. The lowest BCUT2D eigenvalue weighted by molar-refractivity contribution is 0.776. The summed E-state index contributed by atoms with van der Waals surface area (Å²) in [5.74, 6) is 0. The first-order valence-electron chi connectivity index (χ1n) is 5.08. The third-order valence-corrected chi connectivity index (χ3v) is 3.34. The molecular formula is C12H12N2S. The predicted molar refractivity (Wildman–Crippen MR) is 64.0 cm³/mol. The van der Waals surface area contributed by atoms with Crippen LogP contribution in [0.1, 0.15) is 17.8 Å². The Kier molecular flexibility index (Phi) is 3.31. The zero-order valence-corrected chi connectivity index (χ0v) is 9.26. The Morgan fingerprint density at radius 2 is 2.13 bits per heavy atom. The van der Waals surface area contributed by atoms with Crippen molar-refractivity contribution in [1.29, 1.82) is 0 Å². The van der Waals surface area contributed by atoms with Crippen LogP contribution >= 0.6 is 11.3 Å². The molecule has 0 bridgehead atoms. The van der Waals surface area contributed by atoms with E-state index in [-0.39, 0.29) is 0 Å². The summed E-state index contributed by atoms with van der Waals surface area (Å²) < 4.78 is 1.26. The number of thiazole rings is 1. The zero-order valence-electron chi connectivity index (χ0n) is 8.44. The topological polar surface area (TPSA) is 17.2 Å². The SMILES string of the molecule is [C-]#[N+]CCCCc1nc2ccccc2s1. The molecule has 1 aromatic heterocycles. The minimum absolute atomic E-state index is 0.644. The Morgan fingerprint density at radius 1 is 1.27 bits per heavy atom. The molecule has 0 unspecified atom stereocenters. The van der Waals surface area contributed by atoms with Crippen molar-refractivity contribution in [3.63, 3.8) is 0 Å². The normalized spacial score (nSPS) is 10.3. The maximum atomic E-state index is 6.69. The average molecular weight is 216 g/mol. The van der Waals surface area contributed by atoms with Gasteiger partial charge in [-0.1, -0.05) is 12.1 Å². The molecule has 0 spiro atoms. The van der Waals surface area contributed by atoms with Crippen molar-refractivity contribution in [2.24, 2.45) is 0 Å². The molecule has 0 saturated carbocycles. The van der Waals surface area contributed by atoms with Gasteiger partial charge in [0.2, 0.25) is 6.54 Å². The quantitative estimate of drug-likeness (QED) is 0.564. The third-order valence-electron chi connectivity index (χ3n) is 2.25. The lowest BCUT2D eigenvalue weighted by atomic mass is 10.2. The van der Waals surface area contributed by atoms with E-state index in [1.807, 2.05) is 12.1 Å². The number of aryl methyl sites for hydroxylation is 1. The lowest BCUT2D eigenvalue weighted by Crippen LogP contribution is -1.85. The van der Waals surface area contributed by atoms with E-state index in [1.165, 1.54) is 9.71 Å². The summed E-state index contributed by atoms with van der Waals surface area (Å²) in [6.07, 6.45) is 3.07. The van der Waals surface area contributed by atoms with Gasteiger partial charge in [0.05, 0.1) is 15.2 Å². The highest BCUT2D eigenvalue weighted by Gasteiger charge is 2.02. The minimum Gasteiger partial charge on any atom is -0.317 e. The van der Waals surface area contributed by atoms with Crippen molar-refractivity contribution in [1.82, 2.24) is 4.98 Å². The van der Waals surface area contributed by atoms with Crippen molar-refractivity contribution in [2.75, 3.05) is 6.54 Å². The smallest absolute Gasteiger partial charge is 0.214 e. The van der Waals surface area contributed by atoms with E-state index >= 15 is 0 Å². The average Bonchev–Trinajstić information content (AvgIpc) is 2.67. The van der Waals surface area contributed by atoms with E-state index in [1.54, 1.807) is 11.3 Å². The molecule has 1 aromatic carbocycles. The predicted octanol–water partition coefficient (Wildman–Crippen LogP) is 3.54. The molecule has 1 heterocycles. The highest BCUT2D eigenvalue weighted by molar-refractivity contribution is 7.18. The Balaban J connectivity index is 2.00. The van der Waals surface area contributed by atoms with E-state index in [0.29, 0.717) is 6.54 Å². The Morgan fingerprint density at radius 3 is 2.93 bits per heavy atom. The molecule has 0 aliphatic carbocycles. The largest absolute Gasteiger partial charge is 0.317 e. The molecule has 76 valence electrons. The fourth-order valence-corrected chi connectivity index (χ4v) is 2.50. The van der Waals surface area contributed by atoms with E-state index in [4.69, 9.17) is 6.57 Å². The summed E-state index contributed by atoms with van der Waals surface area (Å²) >= 11 is 1.77. The second kappa shape index (κ2) is 4.90. The van der Waals surface area contributed by atoms with Gasteiger partial charge in [-0.15, -0.1) is 11.3 Å². The first kappa shape index (κ1) is 10.1. The maximum absolute atomic E-state index is 6.69. The molecule has 2 rings (SSSR count). The van der Waals surface area contributed by atoms with Crippen LogP contribution in [0.2, 0.25) is 0 Å². The van der Waals surface area contributed by atoms with Crippen molar-refractivity contribution in [3.8, 4) is 0 Å². The molecule has 0 radical (unpaired) electrons. The molecule has 2 nitrogen and oxygen atoms in total. The van der Waals surface area contributed by atoms with Crippen LogP contribution in [0.15, 0.2) is 24.3 Å². The van der Waals surface area contributed by atoms with Gasteiger partial charge in [0.15, 0.2) is 0 Å². The molecule has 0 aliphatic rings. The van der Waals surface area contributed by atoms with Crippen molar-refractivity contribution in [2.45, 2.75) is 19.3 Å². The van der Waals surface area contributed by atoms with Crippen LogP contribution in [0.3, 0.4) is 0 Å². The fourth-order valence-electron chi connectivity index (χ4n) is 1.49. The van der Waals surface area contributed by atoms with Gasteiger partial charge in [-0.25, -0.2) is 11.6 Å². The summed E-state index contributed by atoms with van der Waals surface area (Å²) in [6.45, 7) is 7.33. The van der Waals surface area contributed by atoms with Gasteiger partial charge >= 0.3 is 0 Å². The zero-order chi connectivity index (χ0) is 10.5. The second-order valence-electron chi connectivity index (χ2n) is 3.41. The first-order chi connectivity index (χ1) is 7.40. The standard InChI is InChI=1S/C12H12N2S/c1-13-9-5-4-8-12-14-10-6-2-3-7-11(10)15-12/h2-3,6-7H,4-5,8-9H2. The number of nitrogens with zero attached hydrogens (tertiary/aromatic N) is 2. The second-order valence-corrected chi connectivity index (χ2v) is 4.53. The van der Waals surface area contributed by atoms with Crippen molar-refractivity contribution in [3.05, 3.63) is 40.7 Å². The number of aromatic nitrogens is 1. The van der Waals surface area contributed by atoms with Crippen molar-refractivity contribution < 1.29 is 0 Å². The highest BCUT2D eigenvalue weighted by atomic mass is 32.1. The van der Waals surface area contributed by atoms with Gasteiger partial charge in [-0.05, 0) is 25.0 Å². The molecule has 0 fully saturated rings. The van der Waals surface area contributed by atoms with Crippen LogP contribution in [-0.4, -0.2) is 11.5 Å². The van der Waals surface area contributed by atoms with Crippen LogP contribution < -0.4 is 0 Å². The van der Waals surface area contributed by atoms with E-state index < -0.39 is 0 Å². The Labute approximate surface area is 93.4 Å². The van der Waals surface area contributed by atoms with Crippen LogP contribution in [0.4, 0.5) is 0 Å². The van der Waals surface area contributed by atoms with Crippen LogP contribution in [0, 0.1) is 6.57 Å². The van der Waals surface area contributed by atoms with Crippen LogP contribution in [0.5, 0.6) is 0 Å². The summed E-state index contributed by atoms with van der Waals surface area (Å²) in [4.78, 5) is 7.89. The summed E-state index contributed by atoms with van der Waals surface area (Å²) in [6, 6.07) is 8.22. The Bertz CT molecular complexity index is 449. The molecule has 15 heavy (non-hydrogen) atoms. The molecule has 3 heteroatoms. The van der Waals surface area contributed by atoms with Gasteiger partial charge in [0.1, 0.15) is 0 Å². The molecule has 0 saturated heterocycles. The number of rotatable bonds is 4. The fraction of sp³-hybridized carbons (Fsp3) is 0.333. The first-order valence-corrected chi connectivity index (χ1v) is 5.89. The molecular weight excluding hydrogens is 204 g/mol. The number of fused-ring (bicyclic) bond motifs is 1. The third kappa shape index (κ3) is 2.54. The molecule has 0 atom stereocenters. The highest BCUT2D eigenvalue weighted by Crippen LogP contribution is 2.22. The summed E-state index contributed by atoms with van der Waals surface area (Å²) in [7, 11) is 0. The van der Waals surface area contributed by atoms with Gasteiger partial charge in [-0.2, -0.15) is 0 Å². The van der Waals surface area contributed by atoms with Crippen LogP contribution in [-0.2, 0) is 6.42 Å². The Hall–Kier alpha value is -1.40. The number of hydrogen-bond donors (Lipinski definition) is 0. The number of para-hydroxylation sites is 1. The number of hydrogen-bond acceptors (Lipinski definition) is 2. The van der Waals surface area contributed by atoms with Gasteiger partial charge in [-0.3, -0.25) is 0 Å². The summed E-state index contributed by atoms with van der Waals surface area (Å²) in [5.41, 5.74) is 1.10. The number of unbranched alkanes of at least 4 members (excludes halogenated alkanes) is 1. The van der Waals surface area contributed by atoms with Gasteiger partial charge in [0.25, 0.3) is 0 Å². The van der Waals surface area contributed by atoms with Gasteiger partial charge < -0.3 is 4.85 Å². The molecule has 2 aromatic rings. The van der Waals surface area contributed by atoms with E-state index in [0.717, 1.165) is 24.8 Å². The maximum Gasteiger partial charge on any atom is 0.214 e. The minimum atomic E-state index is 0.644. The lowest BCUT2D eigenvalue weighted by Gasteiger charge is -1.90.